The molecule has 0 unspecified atom stereocenters. The Labute approximate surface area is 177 Å². The topological polar surface area (TPSA) is 58.2 Å². The number of carbonyl (C=O) groups excluding carboxylic acids is 2. The van der Waals surface area contributed by atoms with Gasteiger partial charge in [-0.2, -0.15) is 0 Å². The number of carbonyl (C=O) groups is 2. The summed E-state index contributed by atoms with van der Waals surface area (Å²) >= 11 is 0.977. The molecule has 4 nitrogen and oxygen atoms in total. The smallest absolute Gasteiger partial charge is 0.258 e. The summed E-state index contributed by atoms with van der Waals surface area (Å²) in [5, 5.41) is 4.33. The molecular weight excluding hydrogens is 439 g/mol. The van der Waals surface area contributed by atoms with Crippen LogP contribution >= 0.6 is 11.8 Å². The summed E-state index contributed by atoms with van der Waals surface area (Å²) in [6, 6.07) is 11.7. The quantitative estimate of drug-likeness (QED) is 0.301. The van der Waals surface area contributed by atoms with Crippen molar-refractivity contribution in [2.75, 3.05) is 16.4 Å². The number of nitrogens with one attached hydrogen (secondary N) is 2. The fourth-order valence-corrected chi connectivity index (χ4v) is 3.18. The average Bonchev–Trinajstić information content (AvgIpc) is 2.75. The Bertz CT molecular complexity index is 1110. The first-order valence-corrected chi connectivity index (χ1v) is 9.66. The zero-order chi connectivity index (χ0) is 22.5. The predicted molar refractivity (Wildman–Crippen MR) is 106 cm³/mol. The van der Waals surface area contributed by atoms with Crippen LogP contribution in [0.3, 0.4) is 0 Å². The molecule has 0 atom stereocenters. The molecule has 10 heteroatoms. The summed E-state index contributed by atoms with van der Waals surface area (Å²) in [6.07, 6.45) is 0. The highest BCUT2D eigenvalue weighted by Gasteiger charge is 2.21. The monoisotopic (exact) mass is 452 g/mol. The summed E-state index contributed by atoms with van der Waals surface area (Å²) in [4.78, 5) is 24.6. The molecule has 2 amide bonds. The SMILES string of the molecule is O=C(CSc1ccc(NC(=O)c2ccccc2F)cc1)Nc1c(F)c(F)cc(F)c1F. The molecule has 0 spiro atoms. The molecular formula is C21H13F5N2O2S. The van der Waals surface area contributed by atoms with E-state index >= 15 is 0 Å². The second-order valence-corrected chi connectivity index (χ2v) is 7.19. The molecule has 31 heavy (non-hydrogen) atoms. The third-order valence-electron chi connectivity index (χ3n) is 3.98. The Morgan fingerprint density at radius 3 is 2.00 bits per heavy atom. The number of halogens is 5. The van der Waals surface area contributed by atoms with Crippen LogP contribution in [0.4, 0.5) is 33.3 Å². The minimum absolute atomic E-state index is 0.0432. The van der Waals surface area contributed by atoms with Crippen LogP contribution in [0.15, 0.2) is 59.5 Å². The van der Waals surface area contributed by atoms with Crippen LogP contribution in [-0.2, 0) is 4.79 Å². The van der Waals surface area contributed by atoms with E-state index < -0.39 is 46.6 Å². The molecule has 2 N–H and O–H groups in total. The van der Waals surface area contributed by atoms with E-state index in [0.29, 0.717) is 10.6 Å². The lowest BCUT2D eigenvalue weighted by Gasteiger charge is -2.09. The maximum absolute atomic E-state index is 13.6. The fraction of sp³-hybridized carbons (Fsp3) is 0.0476. The number of hydrogen-bond donors (Lipinski definition) is 2. The van der Waals surface area contributed by atoms with Crippen molar-refractivity contribution in [3.05, 3.63) is 89.2 Å². The first-order chi connectivity index (χ1) is 14.8. The normalized spacial score (nSPS) is 10.6. The van der Waals surface area contributed by atoms with Crippen LogP contribution < -0.4 is 10.6 Å². The predicted octanol–water partition coefficient (Wildman–Crippen LogP) is 5.37. The van der Waals surface area contributed by atoms with Crippen molar-refractivity contribution in [2.24, 2.45) is 0 Å². The summed E-state index contributed by atoms with van der Waals surface area (Å²) in [6.45, 7) is 0. The van der Waals surface area contributed by atoms with E-state index in [1.807, 2.05) is 5.32 Å². The van der Waals surface area contributed by atoms with Gasteiger partial charge in [0.2, 0.25) is 5.91 Å². The molecule has 3 rings (SSSR count). The zero-order valence-corrected chi connectivity index (χ0v) is 16.3. The van der Waals surface area contributed by atoms with Gasteiger partial charge in [0.25, 0.3) is 5.91 Å². The molecule has 3 aromatic rings. The second kappa shape index (κ2) is 9.61. The van der Waals surface area contributed by atoms with E-state index in [1.54, 1.807) is 12.1 Å². The summed E-state index contributed by atoms with van der Waals surface area (Å²) in [5.41, 5.74) is -0.943. The van der Waals surface area contributed by atoms with E-state index in [0.717, 1.165) is 17.8 Å². The number of amides is 2. The van der Waals surface area contributed by atoms with Crippen molar-refractivity contribution in [1.82, 2.24) is 0 Å². The van der Waals surface area contributed by atoms with E-state index in [4.69, 9.17) is 0 Å². The van der Waals surface area contributed by atoms with Gasteiger partial charge in [0.05, 0.1) is 11.3 Å². The number of anilines is 2. The van der Waals surface area contributed by atoms with Gasteiger partial charge in [-0.25, -0.2) is 22.0 Å². The van der Waals surface area contributed by atoms with Crippen LogP contribution in [0, 0.1) is 29.1 Å². The van der Waals surface area contributed by atoms with Crippen molar-refractivity contribution in [3.63, 3.8) is 0 Å². The van der Waals surface area contributed by atoms with E-state index in [1.165, 1.54) is 30.3 Å². The second-order valence-electron chi connectivity index (χ2n) is 6.14. The number of benzene rings is 3. The Kier molecular flexibility index (Phi) is 6.91. The third kappa shape index (κ3) is 5.40. The molecule has 0 bridgehead atoms. The average molecular weight is 452 g/mol. The molecule has 0 aliphatic carbocycles. The van der Waals surface area contributed by atoms with Crippen LogP contribution in [0.2, 0.25) is 0 Å². The highest BCUT2D eigenvalue weighted by molar-refractivity contribution is 8.00. The van der Waals surface area contributed by atoms with Gasteiger partial charge >= 0.3 is 0 Å². The standard InChI is InChI=1S/C21H13F5N2O2S/c22-14-4-2-1-3-13(14)21(30)27-11-5-7-12(8-6-11)31-10-17(29)28-20-18(25)15(23)9-16(24)19(20)26/h1-9H,10H2,(H,27,30)(H,28,29). The molecule has 3 aromatic carbocycles. The van der Waals surface area contributed by atoms with Gasteiger partial charge in [0.1, 0.15) is 11.5 Å². The van der Waals surface area contributed by atoms with E-state index in [9.17, 15) is 31.5 Å². The van der Waals surface area contributed by atoms with Crippen LogP contribution in [-0.4, -0.2) is 17.6 Å². The van der Waals surface area contributed by atoms with Gasteiger partial charge in [0.15, 0.2) is 23.3 Å². The maximum atomic E-state index is 13.6. The van der Waals surface area contributed by atoms with Crippen LogP contribution in [0.25, 0.3) is 0 Å². The number of rotatable bonds is 6. The van der Waals surface area contributed by atoms with Crippen molar-refractivity contribution >= 4 is 35.0 Å². The highest BCUT2D eigenvalue weighted by atomic mass is 32.2. The van der Waals surface area contributed by atoms with Crippen LogP contribution in [0.5, 0.6) is 0 Å². The van der Waals surface area contributed by atoms with Gasteiger partial charge in [-0.1, -0.05) is 12.1 Å². The molecule has 0 saturated carbocycles. The highest BCUT2D eigenvalue weighted by Crippen LogP contribution is 2.25. The van der Waals surface area contributed by atoms with E-state index in [2.05, 4.69) is 5.32 Å². The fourth-order valence-electron chi connectivity index (χ4n) is 2.49. The first-order valence-electron chi connectivity index (χ1n) is 8.68. The minimum Gasteiger partial charge on any atom is -0.322 e. The molecule has 0 aliphatic rings. The number of hydrogen-bond acceptors (Lipinski definition) is 3. The molecule has 0 aromatic heterocycles. The number of thioether (sulfide) groups is 1. The molecule has 0 fully saturated rings. The first kappa shape index (κ1) is 22.3. The molecule has 160 valence electrons. The third-order valence-corrected chi connectivity index (χ3v) is 4.99. The Morgan fingerprint density at radius 1 is 0.774 bits per heavy atom. The summed E-state index contributed by atoms with van der Waals surface area (Å²) in [5.74, 6) is -9.15. The van der Waals surface area contributed by atoms with Gasteiger partial charge < -0.3 is 10.6 Å². The Morgan fingerprint density at radius 2 is 1.39 bits per heavy atom. The van der Waals surface area contributed by atoms with Crippen molar-refractivity contribution in [3.8, 4) is 0 Å². The van der Waals surface area contributed by atoms with Gasteiger partial charge in [0, 0.05) is 16.6 Å². The molecule has 0 aliphatic heterocycles. The lowest BCUT2D eigenvalue weighted by Crippen LogP contribution is -2.17. The maximum Gasteiger partial charge on any atom is 0.258 e. The summed E-state index contributed by atoms with van der Waals surface area (Å²) < 4.78 is 67.2. The Balaban J connectivity index is 1.58. The minimum atomic E-state index is -1.70. The van der Waals surface area contributed by atoms with E-state index in [-0.39, 0.29) is 17.4 Å². The van der Waals surface area contributed by atoms with Crippen molar-refractivity contribution in [1.29, 1.82) is 0 Å². The van der Waals surface area contributed by atoms with Gasteiger partial charge in [-0.05, 0) is 36.4 Å². The lowest BCUT2D eigenvalue weighted by molar-refractivity contribution is -0.113. The Hall–Kier alpha value is -3.40. The summed E-state index contributed by atoms with van der Waals surface area (Å²) in [7, 11) is 0. The lowest BCUT2D eigenvalue weighted by atomic mass is 10.2. The van der Waals surface area contributed by atoms with Gasteiger partial charge in [-0.15, -0.1) is 11.8 Å². The van der Waals surface area contributed by atoms with Crippen LogP contribution in [0.1, 0.15) is 10.4 Å². The largest absolute Gasteiger partial charge is 0.322 e. The van der Waals surface area contributed by atoms with Crippen molar-refractivity contribution in [2.45, 2.75) is 4.90 Å². The molecule has 0 saturated heterocycles. The molecule has 0 heterocycles. The zero-order valence-electron chi connectivity index (χ0n) is 15.5. The van der Waals surface area contributed by atoms with Gasteiger partial charge in [-0.3, -0.25) is 9.59 Å². The van der Waals surface area contributed by atoms with Crippen molar-refractivity contribution < 1.29 is 31.5 Å². The molecule has 0 radical (unpaired) electrons.